The number of nitrogens with one attached hydrogen (secondary N) is 2. The number of carbonyl (C=O) groups is 2. The van der Waals surface area contributed by atoms with E-state index in [1.54, 1.807) is 12.3 Å². The maximum Gasteiger partial charge on any atom is 0.259 e. The second-order valence-corrected chi connectivity index (χ2v) is 7.59. The fraction of sp³-hybridized carbons (Fsp3) is 0.158. The van der Waals surface area contributed by atoms with E-state index in [2.05, 4.69) is 36.5 Å². The van der Waals surface area contributed by atoms with Crippen LogP contribution in [0.1, 0.15) is 22.8 Å². The van der Waals surface area contributed by atoms with Gasteiger partial charge in [0, 0.05) is 41.3 Å². The Hall–Kier alpha value is -2.58. The monoisotopic (exact) mass is 444 g/mol. The molecule has 0 fully saturated rings. The predicted octanol–water partition coefficient (Wildman–Crippen LogP) is 3.90. The van der Waals surface area contributed by atoms with E-state index in [0.29, 0.717) is 17.2 Å². The molecule has 2 aromatic heterocycles. The molecule has 0 unspecified atom stereocenters. The summed E-state index contributed by atoms with van der Waals surface area (Å²) >= 11 is 4.67. The number of hydrogen-bond donors (Lipinski definition) is 2. The lowest BCUT2D eigenvalue weighted by Crippen LogP contribution is -2.22. The fourth-order valence-electron chi connectivity index (χ4n) is 2.39. The molecule has 0 aliphatic rings. The van der Waals surface area contributed by atoms with Crippen LogP contribution in [0.2, 0.25) is 0 Å². The number of hydrogen-bond acceptors (Lipinski definition) is 5. The van der Waals surface area contributed by atoms with Gasteiger partial charge in [-0.3, -0.25) is 19.9 Å². The number of benzene rings is 1. The molecule has 1 aromatic carbocycles. The van der Waals surface area contributed by atoms with E-state index in [0.717, 1.165) is 27.7 Å². The van der Waals surface area contributed by atoms with Gasteiger partial charge < -0.3 is 5.32 Å². The third kappa shape index (κ3) is 5.45. The molecule has 0 radical (unpaired) electrons. The molecule has 0 saturated heterocycles. The van der Waals surface area contributed by atoms with Crippen LogP contribution in [-0.2, 0) is 11.2 Å². The summed E-state index contributed by atoms with van der Waals surface area (Å²) in [6.45, 7) is 2.13. The highest BCUT2D eigenvalue weighted by molar-refractivity contribution is 9.10. The van der Waals surface area contributed by atoms with Gasteiger partial charge in [0.1, 0.15) is 0 Å². The van der Waals surface area contributed by atoms with Gasteiger partial charge >= 0.3 is 0 Å². The van der Waals surface area contributed by atoms with Crippen molar-refractivity contribution in [3.8, 4) is 11.3 Å². The molecule has 2 N–H and O–H groups in total. The average Bonchev–Trinajstić information content (AvgIpc) is 3.10. The molecule has 0 saturated carbocycles. The highest BCUT2D eigenvalue weighted by Gasteiger charge is 2.11. The summed E-state index contributed by atoms with van der Waals surface area (Å²) in [7, 11) is 0. The first-order valence-electron chi connectivity index (χ1n) is 8.22. The lowest BCUT2D eigenvalue weighted by atomic mass is 10.1. The molecule has 0 spiro atoms. The van der Waals surface area contributed by atoms with Gasteiger partial charge in [0.25, 0.3) is 5.91 Å². The Morgan fingerprint density at radius 2 is 1.96 bits per heavy atom. The van der Waals surface area contributed by atoms with Gasteiger partial charge in [-0.2, -0.15) is 0 Å². The van der Waals surface area contributed by atoms with Crippen LogP contribution in [-0.4, -0.2) is 28.3 Å². The first-order chi connectivity index (χ1) is 13.0. The van der Waals surface area contributed by atoms with Crippen molar-refractivity contribution in [2.45, 2.75) is 13.3 Å². The largest absolute Gasteiger partial charge is 0.356 e. The molecule has 2 heterocycles. The van der Waals surface area contributed by atoms with Crippen LogP contribution in [0.3, 0.4) is 0 Å². The molecule has 3 aromatic rings. The molecule has 0 bridgehead atoms. The van der Waals surface area contributed by atoms with Gasteiger partial charge in [-0.1, -0.05) is 24.3 Å². The Morgan fingerprint density at radius 1 is 1.19 bits per heavy atom. The summed E-state index contributed by atoms with van der Waals surface area (Å²) in [6, 6.07) is 9.71. The maximum atomic E-state index is 12.3. The van der Waals surface area contributed by atoms with Crippen molar-refractivity contribution >= 4 is 44.2 Å². The first kappa shape index (κ1) is 19.2. The zero-order valence-electron chi connectivity index (χ0n) is 14.5. The van der Waals surface area contributed by atoms with E-state index in [9.17, 15) is 9.59 Å². The van der Waals surface area contributed by atoms with Crippen LogP contribution in [0, 0.1) is 0 Å². The number of halogens is 1. The number of anilines is 1. The highest BCUT2D eigenvalue weighted by Crippen LogP contribution is 2.25. The van der Waals surface area contributed by atoms with Crippen LogP contribution in [0.25, 0.3) is 11.3 Å². The van der Waals surface area contributed by atoms with Crippen LogP contribution in [0.15, 0.2) is 52.6 Å². The second-order valence-electron chi connectivity index (χ2n) is 5.81. The number of nitrogens with zero attached hydrogens (tertiary/aromatic N) is 2. The summed E-state index contributed by atoms with van der Waals surface area (Å²) in [4.78, 5) is 31.6. The van der Waals surface area contributed by atoms with Gasteiger partial charge in [-0.25, -0.2) is 4.98 Å². The van der Waals surface area contributed by atoms with Crippen LogP contribution in [0.5, 0.6) is 0 Å². The first-order valence-corrected chi connectivity index (χ1v) is 9.90. The molecular weight excluding hydrogens is 428 g/mol. The summed E-state index contributed by atoms with van der Waals surface area (Å²) in [6.07, 6.45) is 3.91. The Labute approximate surface area is 169 Å². The van der Waals surface area contributed by atoms with Crippen molar-refractivity contribution in [3.63, 3.8) is 0 Å². The zero-order chi connectivity index (χ0) is 19.2. The van der Waals surface area contributed by atoms with Crippen molar-refractivity contribution in [3.05, 3.63) is 63.7 Å². The summed E-state index contributed by atoms with van der Waals surface area (Å²) < 4.78 is 0.744. The number of amides is 2. The van der Waals surface area contributed by atoms with Crippen LogP contribution < -0.4 is 10.6 Å². The quantitative estimate of drug-likeness (QED) is 0.603. The molecule has 2 amide bonds. The van der Waals surface area contributed by atoms with Gasteiger partial charge in [0.15, 0.2) is 5.13 Å². The number of thiazole rings is 1. The Balaban J connectivity index is 1.63. The molecule has 0 aliphatic carbocycles. The maximum absolute atomic E-state index is 12.3. The Bertz CT molecular complexity index is 956. The normalized spacial score (nSPS) is 10.4. The minimum absolute atomic E-state index is 0.0256. The minimum atomic E-state index is -0.252. The lowest BCUT2D eigenvalue weighted by molar-refractivity contribution is -0.118. The third-order valence-electron chi connectivity index (χ3n) is 3.73. The van der Waals surface area contributed by atoms with Crippen LogP contribution in [0.4, 0.5) is 5.13 Å². The van der Waals surface area contributed by atoms with E-state index in [-0.39, 0.29) is 11.8 Å². The Kier molecular flexibility index (Phi) is 6.31. The van der Waals surface area contributed by atoms with Gasteiger partial charge in [0.2, 0.25) is 5.91 Å². The molecule has 6 nitrogen and oxygen atoms in total. The molecule has 0 aliphatic heterocycles. The van der Waals surface area contributed by atoms with Crippen molar-refractivity contribution < 1.29 is 9.59 Å². The SMILES string of the molecule is CC(=O)NCCc1ccc(-c2csc(NC(=O)c3cncc(Br)c3)n2)cc1. The van der Waals surface area contributed by atoms with E-state index < -0.39 is 0 Å². The third-order valence-corrected chi connectivity index (χ3v) is 4.92. The number of pyridine rings is 1. The molecule has 27 heavy (non-hydrogen) atoms. The highest BCUT2D eigenvalue weighted by atomic mass is 79.9. The van der Waals surface area contributed by atoms with Crippen molar-refractivity contribution in [2.75, 3.05) is 11.9 Å². The molecule has 3 rings (SSSR count). The Morgan fingerprint density at radius 3 is 2.67 bits per heavy atom. The minimum Gasteiger partial charge on any atom is -0.356 e. The van der Waals surface area contributed by atoms with Gasteiger partial charge in [-0.05, 0) is 34.0 Å². The predicted molar refractivity (Wildman–Crippen MR) is 110 cm³/mol. The lowest BCUT2D eigenvalue weighted by Gasteiger charge is -2.04. The van der Waals surface area contributed by atoms with Crippen molar-refractivity contribution in [2.24, 2.45) is 0 Å². The summed E-state index contributed by atoms with van der Waals surface area (Å²) in [5.74, 6) is -0.277. The van der Waals surface area contributed by atoms with Gasteiger partial charge in [-0.15, -0.1) is 11.3 Å². The molecule has 0 atom stereocenters. The van der Waals surface area contributed by atoms with Crippen molar-refractivity contribution in [1.82, 2.24) is 15.3 Å². The van der Waals surface area contributed by atoms with E-state index in [1.165, 1.54) is 24.5 Å². The van der Waals surface area contributed by atoms with E-state index in [4.69, 9.17) is 0 Å². The van der Waals surface area contributed by atoms with E-state index >= 15 is 0 Å². The zero-order valence-corrected chi connectivity index (χ0v) is 16.9. The fourth-order valence-corrected chi connectivity index (χ4v) is 3.47. The summed E-state index contributed by atoms with van der Waals surface area (Å²) in [5.41, 5.74) is 3.37. The topological polar surface area (TPSA) is 84.0 Å². The summed E-state index contributed by atoms with van der Waals surface area (Å²) in [5, 5.41) is 8.01. The van der Waals surface area contributed by atoms with E-state index in [1.807, 2.05) is 29.6 Å². The van der Waals surface area contributed by atoms with Gasteiger partial charge in [0.05, 0.1) is 11.3 Å². The smallest absolute Gasteiger partial charge is 0.259 e. The van der Waals surface area contributed by atoms with Crippen molar-refractivity contribution in [1.29, 1.82) is 0 Å². The molecule has 138 valence electrons. The molecular formula is C19H17BrN4O2S. The average molecular weight is 445 g/mol. The number of aromatic nitrogens is 2. The number of carbonyl (C=O) groups excluding carboxylic acids is 2. The second kappa shape index (κ2) is 8.88. The molecule has 8 heteroatoms. The van der Waals surface area contributed by atoms with Crippen LogP contribution >= 0.6 is 27.3 Å². The standard InChI is InChI=1S/C19H17BrN4O2S/c1-12(25)22-7-6-13-2-4-14(5-3-13)17-11-27-19(23-17)24-18(26)15-8-16(20)10-21-9-15/h2-5,8-11H,6-7H2,1H3,(H,22,25)(H,23,24,26). The number of rotatable bonds is 6.